The normalized spacial score (nSPS) is 11.2. The topological polar surface area (TPSA) is 75.4 Å². The van der Waals surface area contributed by atoms with Crippen LogP contribution in [0.2, 0.25) is 0 Å². The number of aryl methyl sites for hydroxylation is 2. The Morgan fingerprint density at radius 2 is 2.00 bits per heavy atom. The lowest BCUT2D eigenvalue weighted by molar-refractivity contribution is -0.108. The van der Waals surface area contributed by atoms with Crippen molar-refractivity contribution in [2.75, 3.05) is 19.0 Å². The summed E-state index contributed by atoms with van der Waals surface area (Å²) in [5, 5.41) is 11.0. The summed E-state index contributed by atoms with van der Waals surface area (Å²) in [4.78, 5) is 30.6. The van der Waals surface area contributed by atoms with Crippen molar-refractivity contribution in [3.05, 3.63) is 39.7 Å². The number of anilines is 1. The minimum Gasteiger partial charge on any atom is -0.507 e. The van der Waals surface area contributed by atoms with Crippen molar-refractivity contribution >= 4 is 33.9 Å². The monoisotopic (exact) mass is 325 g/mol. The summed E-state index contributed by atoms with van der Waals surface area (Å²) in [5.41, 5.74) is 3.05. The first-order chi connectivity index (χ1) is 11.4. The first-order valence-electron chi connectivity index (χ1n) is 7.64. The maximum absolute atomic E-state index is 12.9. The largest absolute Gasteiger partial charge is 0.507 e. The molecule has 0 amide bonds. The van der Waals surface area contributed by atoms with Crippen molar-refractivity contribution in [3.63, 3.8) is 0 Å². The molecule has 6 nitrogen and oxygen atoms in total. The summed E-state index contributed by atoms with van der Waals surface area (Å²) in [5.74, 6) is -0.0831. The molecule has 0 unspecified atom stereocenters. The molecule has 0 saturated heterocycles. The molecule has 2 heterocycles. The van der Waals surface area contributed by atoms with Gasteiger partial charge < -0.3 is 19.4 Å². The van der Waals surface area contributed by atoms with Gasteiger partial charge in [-0.3, -0.25) is 4.79 Å². The SMILES string of the molecule is Cc1ccc2c(=O)c3c(O)cc(C)c(N(C)C)c3n(CC=O)c2n1. The third-order valence-electron chi connectivity index (χ3n) is 4.16. The fraction of sp³-hybridized carbons (Fsp3) is 0.278. The number of nitrogens with zero attached hydrogens (tertiary/aromatic N) is 3. The number of aldehydes is 1. The number of phenolic OH excluding ortho intramolecular Hbond substituents is 1. The van der Waals surface area contributed by atoms with Crippen molar-refractivity contribution in [2.45, 2.75) is 20.4 Å². The number of fused-ring (bicyclic) bond motifs is 2. The number of rotatable bonds is 3. The number of aromatic hydroxyl groups is 1. The molecule has 0 aliphatic heterocycles. The maximum atomic E-state index is 12.9. The van der Waals surface area contributed by atoms with Gasteiger partial charge in [-0.05, 0) is 37.6 Å². The van der Waals surface area contributed by atoms with Crippen LogP contribution in [-0.2, 0) is 11.3 Å². The molecule has 24 heavy (non-hydrogen) atoms. The molecule has 1 aromatic carbocycles. The first-order valence-corrected chi connectivity index (χ1v) is 7.64. The third-order valence-corrected chi connectivity index (χ3v) is 4.16. The van der Waals surface area contributed by atoms with Gasteiger partial charge in [-0.1, -0.05) is 0 Å². The highest BCUT2D eigenvalue weighted by Gasteiger charge is 2.20. The molecular formula is C18H19N3O3. The molecular weight excluding hydrogens is 306 g/mol. The van der Waals surface area contributed by atoms with Gasteiger partial charge in [0.05, 0.1) is 28.5 Å². The molecule has 6 heteroatoms. The molecule has 0 aliphatic carbocycles. The van der Waals surface area contributed by atoms with Gasteiger partial charge in [0.2, 0.25) is 5.43 Å². The van der Waals surface area contributed by atoms with Crippen LogP contribution < -0.4 is 10.3 Å². The number of hydrogen-bond donors (Lipinski definition) is 1. The Hall–Kier alpha value is -2.89. The summed E-state index contributed by atoms with van der Waals surface area (Å²) in [6, 6.07) is 5.02. The van der Waals surface area contributed by atoms with Gasteiger partial charge in [-0.25, -0.2) is 4.98 Å². The van der Waals surface area contributed by atoms with E-state index in [1.54, 1.807) is 22.8 Å². The van der Waals surface area contributed by atoms with Crippen LogP contribution in [0.3, 0.4) is 0 Å². The van der Waals surface area contributed by atoms with E-state index >= 15 is 0 Å². The Labute approximate surface area is 139 Å². The zero-order chi connectivity index (χ0) is 17.6. The minimum absolute atomic E-state index is 0.0491. The van der Waals surface area contributed by atoms with E-state index in [-0.39, 0.29) is 23.1 Å². The molecule has 0 fully saturated rings. The molecule has 3 aromatic rings. The lowest BCUT2D eigenvalue weighted by Gasteiger charge is -2.22. The zero-order valence-corrected chi connectivity index (χ0v) is 14.1. The van der Waals surface area contributed by atoms with Crippen molar-refractivity contribution in [3.8, 4) is 5.75 Å². The summed E-state index contributed by atoms with van der Waals surface area (Å²) in [6.45, 7) is 3.74. The first kappa shape index (κ1) is 16.0. The molecule has 124 valence electrons. The van der Waals surface area contributed by atoms with Gasteiger partial charge in [0, 0.05) is 19.8 Å². The number of pyridine rings is 2. The van der Waals surface area contributed by atoms with Crippen molar-refractivity contribution in [2.24, 2.45) is 0 Å². The standard InChI is InChI=1S/C18H19N3O3/c1-10-9-13(23)14-16(15(10)20(3)4)21(7-8-22)18-12(17(14)24)6-5-11(2)19-18/h5-6,8-9,23H,7H2,1-4H3. The maximum Gasteiger partial charge on any atom is 0.202 e. The molecule has 0 atom stereocenters. The highest BCUT2D eigenvalue weighted by molar-refractivity contribution is 6.03. The van der Waals surface area contributed by atoms with Gasteiger partial charge in [0.25, 0.3) is 0 Å². The van der Waals surface area contributed by atoms with Gasteiger partial charge in [-0.2, -0.15) is 0 Å². The van der Waals surface area contributed by atoms with Crippen LogP contribution in [0.4, 0.5) is 5.69 Å². The van der Waals surface area contributed by atoms with E-state index < -0.39 is 0 Å². The van der Waals surface area contributed by atoms with E-state index in [2.05, 4.69) is 4.98 Å². The molecule has 0 aliphatic rings. The zero-order valence-electron chi connectivity index (χ0n) is 14.1. The summed E-state index contributed by atoms with van der Waals surface area (Å²) in [7, 11) is 3.73. The van der Waals surface area contributed by atoms with E-state index in [1.807, 2.05) is 32.8 Å². The Morgan fingerprint density at radius 1 is 1.29 bits per heavy atom. The summed E-state index contributed by atoms with van der Waals surface area (Å²) < 4.78 is 1.70. The van der Waals surface area contributed by atoms with Gasteiger partial charge in [0.1, 0.15) is 17.7 Å². The predicted molar refractivity (Wildman–Crippen MR) is 95.0 cm³/mol. The molecule has 0 radical (unpaired) electrons. The Balaban J connectivity index is 2.73. The van der Waals surface area contributed by atoms with Crippen LogP contribution >= 0.6 is 0 Å². The van der Waals surface area contributed by atoms with E-state index in [9.17, 15) is 14.7 Å². The minimum atomic E-state index is -0.282. The fourth-order valence-corrected chi connectivity index (χ4v) is 3.24. The Bertz CT molecular complexity index is 1040. The van der Waals surface area contributed by atoms with Crippen LogP contribution in [0.5, 0.6) is 5.75 Å². The second-order valence-corrected chi connectivity index (χ2v) is 6.11. The molecule has 2 aromatic heterocycles. The highest BCUT2D eigenvalue weighted by atomic mass is 16.3. The molecule has 1 N–H and O–H groups in total. The molecule has 0 bridgehead atoms. The van der Waals surface area contributed by atoms with Crippen molar-refractivity contribution in [1.82, 2.24) is 9.55 Å². The average molecular weight is 325 g/mol. The van der Waals surface area contributed by atoms with Crippen molar-refractivity contribution in [1.29, 1.82) is 0 Å². The number of phenols is 1. The van der Waals surface area contributed by atoms with Gasteiger partial charge in [0.15, 0.2) is 0 Å². The molecule has 3 rings (SSSR count). The second-order valence-electron chi connectivity index (χ2n) is 6.11. The number of carbonyl (C=O) groups excluding carboxylic acids is 1. The lowest BCUT2D eigenvalue weighted by Crippen LogP contribution is -2.19. The Kier molecular flexibility index (Phi) is 3.75. The van der Waals surface area contributed by atoms with Crippen LogP contribution in [0.25, 0.3) is 21.9 Å². The molecule has 0 saturated carbocycles. The van der Waals surface area contributed by atoms with Crippen molar-refractivity contribution < 1.29 is 9.90 Å². The number of aromatic nitrogens is 2. The quantitative estimate of drug-likeness (QED) is 0.590. The van der Waals surface area contributed by atoms with Crippen LogP contribution in [0.1, 0.15) is 11.3 Å². The number of benzene rings is 1. The van der Waals surface area contributed by atoms with E-state index in [1.165, 1.54) is 0 Å². The van der Waals surface area contributed by atoms with Crippen LogP contribution in [0, 0.1) is 13.8 Å². The second kappa shape index (κ2) is 5.63. The van der Waals surface area contributed by atoms with E-state index in [4.69, 9.17) is 0 Å². The van der Waals surface area contributed by atoms with Crippen LogP contribution in [0.15, 0.2) is 23.0 Å². The lowest BCUT2D eigenvalue weighted by atomic mass is 10.0. The molecule has 0 spiro atoms. The smallest absolute Gasteiger partial charge is 0.202 e. The summed E-state index contributed by atoms with van der Waals surface area (Å²) in [6.07, 6.45) is 0.770. The average Bonchev–Trinajstić information content (AvgIpc) is 2.50. The highest BCUT2D eigenvalue weighted by Crippen LogP contribution is 2.35. The van der Waals surface area contributed by atoms with Gasteiger partial charge in [-0.15, -0.1) is 0 Å². The van der Waals surface area contributed by atoms with E-state index in [0.29, 0.717) is 16.6 Å². The third kappa shape index (κ3) is 2.22. The van der Waals surface area contributed by atoms with Crippen LogP contribution in [-0.4, -0.2) is 35.0 Å². The number of carbonyl (C=O) groups is 1. The predicted octanol–water partition coefficient (Wildman–Crippen LogP) is 2.14. The fourth-order valence-electron chi connectivity index (χ4n) is 3.24. The number of hydrogen-bond acceptors (Lipinski definition) is 5. The van der Waals surface area contributed by atoms with E-state index in [0.717, 1.165) is 23.2 Å². The van der Waals surface area contributed by atoms with Gasteiger partial charge >= 0.3 is 0 Å². The Morgan fingerprint density at radius 3 is 2.62 bits per heavy atom. The summed E-state index contributed by atoms with van der Waals surface area (Å²) >= 11 is 0.